The number of carbonyl (C=O) groups excluding carboxylic acids is 1. The summed E-state index contributed by atoms with van der Waals surface area (Å²) in [6.07, 6.45) is 5.94. The summed E-state index contributed by atoms with van der Waals surface area (Å²) < 4.78 is 2.80. The summed E-state index contributed by atoms with van der Waals surface area (Å²) in [5, 5.41) is 17.9. The van der Waals surface area contributed by atoms with Crippen LogP contribution in [0.25, 0.3) is 0 Å². The van der Waals surface area contributed by atoms with Gasteiger partial charge in [-0.05, 0) is 35.2 Å². The highest BCUT2D eigenvalue weighted by Gasteiger charge is 2.01. The molecule has 0 bridgehead atoms. The fourth-order valence-corrected chi connectivity index (χ4v) is 1.89. The third kappa shape index (κ3) is 7.78. The Bertz CT molecular complexity index is 436. The molecule has 2 amide bonds. The average Bonchev–Trinajstić information content (AvgIpc) is 2.80. The Kier molecular flexibility index (Phi) is 7.71. The summed E-state index contributed by atoms with van der Waals surface area (Å²) in [4.78, 5) is 21.6. The molecule has 0 aromatic carbocycles. The normalized spacial score (nSPS) is 10.2. The quantitative estimate of drug-likeness (QED) is 0.591. The number of aliphatic carboxylic acids is 1. The largest absolute Gasteiger partial charge is 0.481 e. The Morgan fingerprint density at radius 3 is 2.55 bits per heavy atom. The minimum absolute atomic E-state index is 0.0692. The molecule has 0 fully saturated rings. The highest BCUT2D eigenvalue weighted by Crippen LogP contribution is 2.06. The topological polar surface area (TPSA) is 96.3 Å². The van der Waals surface area contributed by atoms with Gasteiger partial charge in [0, 0.05) is 32.3 Å². The summed E-state index contributed by atoms with van der Waals surface area (Å²) in [6, 6.07) is -0.253. The zero-order chi connectivity index (χ0) is 14.8. The molecule has 20 heavy (non-hydrogen) atoms. The Hall–Kier alpha value is -1.57. The molecule has 7 nitrogen and oxygen atoms in total. The van der Waals surface area contributed by atoms with Gasteiger partial charge in [-0.3, -0.25) is 9.48 Å². The predicted molar refractivity (Wildman–Crippen MR) is 77.4 cm³/mol. The van der Waals surface area contributed by atoms with Crippen LogP contribution in [-0.4, -0.2) is 40.0 Å². The van der Waals surface area contributed by atoms with Gasteiger partial charge in [-0.25, -0.2) is 4.79 Å². The van der Waals surface area contributed by atoms with Crippen molar-refractivity contribution in [3.05, 3.63) is 16.9 Å². The van der Waals surface area contributed by atoms with Crippen LogP contribution in [0.2, 0.25) is 0 Å². The third-order valence-electron chi connectivity index (χ3n) is 2.55. The number of rotatable bonds is 9. The zero-order valence-electron chi connectivity index (χ0n) is 11.1. The van der Waals surface area contributed by atoms with E-state index in [1.54, 1.807) is 6.20 Å². The smallest absolute Gasteiger partial charge is 0.314 e. The van der Waals surface area contributed by atoms with Gasteiger partial charge in [0.15, 0.2) is 0 Å². The summed E-state index contributed by atoms with van der Waals surface area (Å²) in [6.45, 7) is 1.78. The van der Waals surface area contributed by atoms with Crippen LogP contribution in [0.5, 0.6) is 0 Å². The molecule has 0 unspecified atom stereocenters. The number of amides is 2. The standard InChI is InChI=1S/C12H19BrN4O3/c13-10-8-16-17(9-10)7-2-1-5-14-12(20)15-6-3-4-11(18)19/h8-9H,1-7H2,(H,18,19)(H2,14,15,20). The van der Waals surface area contributed by atoms with Gasteiger partial charge < -0.3 is 15.7 Å². The van der Waals surface area contributed by atoms with Crippen molar-refractivity contribution >= 4 is 27.9 Å². The number of nitrogens with zero attached hydrogens (tertiary/aromatic N) is 2. The number of unbranched alkanes of at least 4 members (excludes halogenated alkanes) is 1. The molecule has 1 rings (SSSR count). The second-order valence-corrected chi connectivity index (χ2v) is 5.22. The molecule has 3 N–H and O–H groups in total. The minimum atomic E-state index is -0.850. The van der Waals surface area contributed by atoms with Crippen molar-refractivity contribution in [3.8, 4) is 0 Å². The van der Waals surface area contributed by atoms with E-state index in [1.165, 1.54) is 0 Å². The van der Waals surface area contributed by atoms with Crippen molar-refractivity contribution in [2.45, 2.75) is 32.2 Å². The van der Waals surface area contributed by atoms with E-state index >= 15 is 0 Å². The zero-order valence-corrected chi connectivity index (χ0v) is 12.7. The number of carbonyl (C=O) groups is 2. The molecule has 1 heterocycles. The van der Waals surface area contributed by atoms with Gasteiger partial charge in [0.25, 0.3) is 0 Å². The number of aryl methyl sites for hydroxylation is 1. The third-order valence-corrected chi connectivity index (χ3v) is 2.96. The lowest BCUT2D eigenvalue weighted by atomic mass is 10.3. The summed E-state index contributed by atoms with van der Waals surface area (Å²) in [5.41, 5.74) is 0. The van der Waals surface area contributed by atoms with Gasteiger partial charge >= 0.3 is 12.0 Å². The molecule has 0 aliphatic carbocycles. The van der Waals surface area contributed by atoms with Crippen LogP contribution in [0.3, 0.4) is 0 Å². The van der Waals surface area contributed by atoms with Crippen molar-refractivity contribution in [3.63, 3.8) is 0 Å². The fourth-order valence-electron chi connectivity index (χ4n) is 1.57. The van der Waals surface area contributed by atoms with Gasteiger partial charge in [-0.15, -0.1) is 0 Å². The maximum atomic E-state index is 11.3. The monoisotopic (exact) mass is 346 g/mol. The first kappa shape index (κ1) is 16.5. The lowest BCUT2D eigenvalue weighted by Gasteiger charge is -2.07. The number of hydrogen-bond donors (Lipinski definition) is 3. The molecule has 0 aliphatic heterocycles. The SMILES string of the molecule is O=C(O)CCCNC(=O)NCCCCn1cc(Br)cn1. The van der Waals surface area contributed by atoms with E-state index < -0.39 is 5.97 Å². The number of halogens is 1. The van der Waals surface area contributed by atoms with Crippen LogP contribution in [0.1, 0.15) is 25.7 Å². The van der Waals surface area contributed by atoms with Crippen molar-refractivity contribution in [2.75, 3.05) is 13.1 Å². The molecule has 1 aromatic rings. The molecular weight excluding hydrogens is 328 g/mol. The maximum absolute atomic E-state index is 11.3. The van der Waals surface area contributed by atoms with E-state index in [0.29, 0.717) is 19.5 Å². The molecule has 112 valence electrons. The Balaban J connectivity index is 1.95. The number of aromatic nitrogens is 2. The lowest BCUT2D eigenvalue weighted by molar-refractivity contribution is -0.137. The van der Waals surface area contributed by atoms with E-state index in [4.69, 9.17) is 5.11 Å². The highest BCUT2D eigenvalue weighted by atomic mass is 79.9. The first-order valence-corrected chi connectivity index (χ1v) is 7.28. The van der Waals surface area contributed by atoms with Crippen LogP contribution in [-0.2, 0) is 11.3 Å². The molecule has 0 saturated heterocycles. The van der Waals surface area contributed by atoms with Crippen molar-refractivity contribution < 1.29 is 14.7 Å². The van der Waals surface area contributed by atoms with E-state index in [2.05, 4.69) is 31.7 Å². The molecule has 0 atom stereocenters. The number of urea groups is 1. The van der Waals surface area contributed by atoms with Crippen LogP contribution in [0.4, 0.5) is 4.79 Å². The van der Waals surface area contributed by atoms with E-state index in [0.717, 1.165) is 23.9 Å². The van der Waals surface area contributed by atoms with Crippen molar-refractivity contribution in [1.82, 2.24) is 20.4 Å². The Morgan fingerprint density at radius 2 is 1.95 bits per heavy atom. The van der Waals surface area contributed by atoms with Gasteiger partial charge in [0.05, 0.1) is 10.7 Å². The molecule has 0 spiro atoms. The second kappa shape index (κ2) is 9.35. The van der Waals surface area contributed by atoms with Gasteiger partial charge in [0.1, 0.15) is 0 Å². The average molecular weight is 347 g/mol. The van der Waals surface area contributed by atoms with Crippen molar-refractivity contribution in [1.29, 1.82) is 0 Å². The predicted octanol–water partition coefficient (Wildman–Crippen LogP) is 1.59. The number of carboxylic acid groups (broad SMARTS) is 1. The van der Waals surface area contributed by atoms with E-state index in [-0.39, 0.29) is 12.5 Å². The second-order valence-electron chi connectivity index (χ2n) is 4.31. The van der Waals surface area contributed by atoms with E-state index in [9.17, 15) is 9.59 Å². The molecular formula is C12H19BrN4O3. The van der Waals surface area contributed by atoms with Crippen molar-refractivity contribution in [2.24, 2.45) is 0 Å². The van der Waals surface area contributed by atoms with E-state index in [1.807, 2.05) is 10.9 Å². The Labute approximate surface area is 125 Å². The highest BCUT2D eigenvalue weighted by molar-refractivity contribution is 9.10. The molecule has 0 saturated carbocycles. The van der Waals surface area contributed by atoms with Crippen LogP contribution in [0, 0.1) is 0 Å². The summed E-state index contributed by atoms with van der Waals surface area (Å²) >= 11 is 3.33. The number of hydrogen-bond acceptors (Lipinski definition) is 3. The van der Waals surface area contributed by atoms with Crippen LogP contribution in [0.15, 0.2) is 16.9 Å². The first-order valence-electron chi connectivity index (χ1n) is 6.49. The summed E-state index contributed by atoms with van der Waals surface area (Å²) in [5.74, 6) is -0.850. The fraction of sp³-hybridized carbons (Fsp3) is 0.583. The van der Waals surface area contributed by atoms with Gasteiger partial charge in [-0.1, -0.05) is 0 Å². The first-order chi connectivity index (χ1) is 9.58. The van der Waals surface area contributed by atoms with Crippen LogP contribution < -0.4 is 10.6 Å². The summed E-state index contributed by atoms with van der Waals surface area (Å²) in [7, 11) is 0. The molecule has 1 aromatic heterocycles. The lowest BCUT2D eigenvalue weighted by Crippen LogP contribution is -2.36. The van der Waals surface area contributed by atoms with Gasteiger partial charge in [-0.2, -0.15) is 5.10 Å². The number of nitrogens with one attached hydrogen (secondary N) is 2. The molecule has 0 aliphatic rings. The molecule has 0 radical (unpaired) electrons. The van der Waals surface area contributed by atoms with Gasteiger partial charge in [0.2, 0.25) is 0 Å². The number of carboxylic acids is 1. The molecule has 8 heteroatoms. The minimum Gasteiger partial charge on any atom is -0.481 e. The Morgan fingerprint density at radius 1 is 1.25 bits per heavy atom. The maximum Gasteiger partial charge on any atom is 0.314 e. The van der Waals surface area contributed by atoms with Crippen LogP contribution >= 0.6 is 15.9 Å².